The molecule has 2 N–H and O–H groups in total. The number of para-hydroxylation sites is 1. The van der Waals surface area contributed by atoms with Gasteiger partial charge in [0.25, 0.3) is 0 Å². The molecule has 1 aromatic carbocycles. The molecule has 136 valence electrons. The molecule has 0 spiro atoms. The molecule has 0 fully saturated rings. The van der Waals surface area contributed by atoms with Gasteiger partial charge in [0, 0.05) is 18.7 Å². The molecule has 0 saturated heterocycles. The first-order chi connectivity index (χ1) is 11.7. The van der Waals surface area contributed by atoms with Crippen molar-refractivity contribution in [2.45, 2.75) is 40.7 Å². The fourth-order valence-electron chi connectivity index (χ4n) is 2.49. The van der Waals surface area contributed by atoms with Crippen LogP contribution in [0.2, 0.25) is 0 Å². The lowest BCUT2D eigenvalue weighted by atomic mass is 10.2. The molecule has 0 saturated carbocycles. The van der Waals surface area contributed by atoms with Crippen molar-refractivity contribution in [2.24, 2.45) is 4.99 Å². The van der Waals surface area contributed by atoms with Crippen molar-refractivity contribution in [3.8, 4) is 5.75 Å². The van der Waals surface area contributed by atoms with E-state index in [0.717, 1.165) is 56.4 Å². The summed E-state index contributed by atoms with van der Waals surface area (Å²) in [5.41, 5.74) is 1.11. The number of ether oxygens (including phenoxy) is 1. The number of hydrogen-bond donors (Lipinski definition) is 2. The summed E-state index contributed by atoms with van der Waals surface area (Å²) in [7, 11) is 0. The molecule has 0 atom stereocenters. The quantitative estimate of drug-likeness (QED) is 0.371. The molecule has 0 aliphatic heterocycles. The second-order valence-corrected chi connectivity index (χ2v) is 5.54. The lowest BCUT2D eigenvalue weighted by Crippen LogP contribution is -2.38. The Bertz CT molecular complexity index is 472. The maximum atomic E-state index is 5.66. The zero-order valence-corrected chi connectivity index (χ0v) is 15.8. The predicted octanol–water partition coefficient (Wildman–Crippen LogP) is 2.87. The zero-order chi connectivity index (χ0) is 17.6. The van der Waals surface area contributed by atoms with Gasteiger partial charge in [-0.15, -0.1) is 0 Å². The van der Waals surface area contributed by atoms with E-state index in [1.807, 2.05) is 25.1 Å². The van der Waals surface area contributed by atoms with Crippen LogP contribution in [0.5, 0.6) is 5.75 Å². The van der Waals surface area contributed by atoms with Crippen LogP contribution in [0.4, 0.5) is 0 Å². The van der Waals surface area contributed by atoms with Gasteiger partial charge in [0.1, 0.15) is 5.75 Å². The third-order valence-corrected chi connectivity index (χ3v) is 3.86. The maximum Gasteiger partial charge on any atom is 0.191 e. The van der Waals surface area contributed by atoms with Crippen LogP contribution in [0.1, 0.15) is 39.7 Å². The van der Waals surface area contributed by atoms with Crippen LogP contribution < -0.4 is 15.4 Å². The zero-order valence-electron chi connectivity index (χ0n) is 15.8. The fourth-order valence-corrected chi connectivity index (χ4v) is 2.49. The van der Waals surface area contributed by atoms with Crippen molar-refractivity contribution >= 4 is 5.96 Å². The molecule has 1 rings (SSSR count). The number of nitrogens with one attached hydrogen (secondary N) is 2. The lowest BCUT2D eigenvalue weighted by Gasteiger charge is -2.18. The highest BCUT2D eigenvalue weighted by Crippen LogP contribution is 2.18. The Morgan fingerprint density at radius 1 is 1.08 bits per heavy atom. The van der Waals surface area contributed by atoms with Gasteiger partial charge in [0.05, 0.1) is 13.2 Å². The van der Waals surface area contributed by atoms with Gasteiger partial charge in [-0.1, -0.05) is 32.0 Å². The van der Waals surface area contributed by atoms with E-state index >= 15 is 0 Å². The number of rotatable bonds is 11. The monoisotopic (exact) mass is 334 g/mol. The molecule has 1 aromatic rings. The summed E-state index contributed by atoms with van der Waals surface area (Å²) in [6.45, 7) is 14.9. The minimum atomic E-state index is 0.613. The first kappa shape index (κ1) is 20.3. The minimum absolute atomic E-state index is 0.613. The Kier molecular flexibility index (Phi) is 10.7. The highest BCUT2D eigenvalue weighted by molar-refractivity contribution is 5.79. The topological polar surface area (TPSA) is 48.9 Å². The SMILES string of the molecule is CCNC(=NCc1ccccc1OCC)NCCCN(CC)CC. The van der Waals surface area contributed by atoms with Crippen LogP contribution in [-0.2, 0) is 6.54 Å². The number of guanidine groups is 1. The Morgan fingerprint density at radius 3 is 2.50 bits per heavy atom. The van der Waals surface area contributed by atoms with Gasteiger partial charge in [0.2, 0.25) is 0 Å². The molecule has 0 unspecified atom stereocenters. The van der Waals surface area contributed by atoms with Gasteiger partial charge in [-0.05, 0) is 46.0 Å². The third kappa shape index (κ3) is 7.68. The first-order valence-electron chi connectivity index (χ1n) is 9.20. The minimum Gasteiger partial charge on any atom is -0.494 e. The van der Waals surface area contributed by atoms with Crippen LogP contribution in [-0.4, -0.2) is 50.2 Å². The normalized spacial score (nSPS) is 11.6. The molecule has 24 heavy (non-hydrogen) atoms. The second-order valence-electron chi connectivity index (χ2n) is 5.54. The van der Waals surface area contributed by atoms with Crippen molar-refractivity contribution in [1.82, 2.24) is 15.5 Å². The van der Waals surface area contributed by atoms with Gasteiger partial charge in [-0.3, -0.25) is 0 Å². The summed E-state index contributed by atoms with van der Waals surface area (Å²) in [4.78, 5) is 7.12. The van der Waals surface area contributed by atoms with Crippen molar-refractivity contribution < 1.29 is 4.74 Å². The first-order valence-corrected chi connectivity index (χ1v) is 9.20. The Morgan fingerprint density at radius 2 is 1.83 bits per heavy atom. The van der Waals surface area contributed by atoms with Crippen LogP contribution in [0.25, 0.3) is 0 Å². The van der Waals surface area contributed by atoms with Crippen LogP contribution >= 0.6 is 0 Å². The van der Waals surface area contributed by atoms with E-state index in [-0.39, 0.29) is 0 Å². The Hall–Kier alpha value is -1.75. The Balaban J connectivity index is 2.53. The molecule has 0 aliphatic carbocycles. The van der Waals surface area contributed by atoms with E-state index in [1.54, 1.807) is 0 Å². The predicted molar refractivity (Wildman–Crippen MR) is 103 cm³/mol. The molecule has 0 radical (unpaired) electrons. The molecule has 0 heterocycles. The molecule has 0 aliphatic rings. The van der Waals surface area contributed by atoms with Crippen molar-refractivity contribution in [2.75, 3.05) is 39.3 Å². The second kappa shape index (κ2) is 12.6. The summed E-state index contributed by atoms with van der Waals surface area (Å²) in [6, 6.07) is 8.09. The highest BCUT2D eigenvalue weighted by atomic mass is 16.5. The van der Waals surface area contributed by atoms with Crippen molar-refractivity contribution in [3.63, 3.8) is 0 Å². The van der Waals surface area contributed by atoms with Crippen LogP contribution in [0.3, 0.4) is 0 Å². The molecule has 5 nitrogen and oxygen atoms in total. The van der Waals surface area contributed by atoms with E-state index in [0.29, 0.717) is 13.2 Å². The standard InChI is InChI=1S/C19H34N4O/c1-5-20-19(21-14-11-15-23(6-2)7-3)22-16-17-12-9-10-13-18(17)24-8-4/h9-10,12-13H,5-8,11,14-16H2,1-4H3,(H2,20,21,22). The lowest BCUT2D eigenvalue weighted by molar-refractivity contribution is 0.300. The van der Waals surface area contributed by atoms with Gasteiger partial charge < -0.3 is 20.3 Å². The van der Waals surface area contributed by atoms with E-state index in [9.17, 15) is 0 Å². The molecule has 5 heteroatoms. The Labute approximate surface area is 147 Å². The molecular weight excluding hydrogens is 300 g/mol. The fraction of sp³-hybridized carbons (Fsp3) is 0.632. The van der Waals surface area contributed by atoms with Crippen molar-refractivity contribution in [1.29, 1.82) is 0 Å². The third-order valence-electron chi connectivity index (χ3n) is 3.86. The van der Waals surface area contributed by atoms with Crippen LogP contribution in [0, 0.1) is 0 Å². The summed E-state index contributed by atoms with van der Waals surface area (Å²) < 4.78 is 5.66. The van der Waals surface area contributed by atoms with E-state index < -0.39 is 0 Å². The summed E-state index contributed by atoms with van der Waals surface area (Å²) in [5, 5.41) is 6.72. The molecular formula is C19H34N4O. The van der Waals surface area contributed by atoms with E-state index in [2.05, 4.69) is 47.4 Å². The smallest absolute Gasteiger partial charge is 0.191 e. The largest absolute Gasteiger partial charge is 0.494 e. The highest BCUT2D eigenvalue weighted by Gasteiger charge is 2.03. The van der Waals surface area contributed by atoms with Crippen LogP contribution in [0.15, 0.2) is 29.3 Å². The molecule has 0 aromatic heterocycles. The summed E-state index contributed by atoms with van der Waals surface area (Å²) >= 11 is 0. The number of aliphatic imine (C=N–C) groups is 1. The van der Waals surface area contributed by atoms with Gasteiger partial charge in [-0.25, -0.2) is 4.99 Å². The van der Waals surface area contributed by atoms with E-state index in [1.165, 1.54) is 0 Å². The average molecular weight is 335 g/mol. The number of benzene rings is 1. The van der Waals surface area contributed by atoms with Crippen molar-refractivity contribution in [3.05, 3.63) is 29.8 Å². The molecule has 0 amide bonds. The van der Waals surface area contributed by atoms with Gasteiger partial charge in [-0.2, -0.15) is 0 Å². The van der Waals surface area contributed by atoms with Gasteiger partial charge in [0.15, 0.2) is 5.96 Å². The van der Waals surface area contributed by atoms with E-state index in [4.69, 9.17) is 4.74 Å². The number of nitrogens with zero attached hydrogens (tertiary/aromatic N) is 2. The average Bonchev–Trinajstić information content (AvgIpc) is 2.61. The molecule has 0 bridgehead atoms. The summed E-state index contributed by atoms with van der Waals surface area (Å²) in [6.07, 6.45) is 1.11. The summed E-state index contributed by atoms with van der Waals surface area (Å²) in [5.74, 6) is 1.78. The number of hydrogen-bond acceptors (Lipinski definition) is 3. The maximum absolute atomic E-state index is 5.66. The van der Waals surface area contributed by atoms with Gasteiger partial charge >= 0.3 is 0 Å².